The standard InChI is InChI=1S/C32H38Cl2N4O9/c33-23-10-18-14-37(15-19(18)11-24(23)34)31(44)47-22-12-26-27(39)36-32(29(41)42)13-20(32)6-4-2-1-3-5-7-25(28(40)38(26)16-22)35-30(43)46-21-8-9-45-17-21/h4,6,10-11,20-22,25-26H,1-3,5,7-9,12-17H2,(H,35,43)(H,36,39)(H,41,42)/b6-4-/t20-,21-,22-,25+,26+,32-/m1/s1. The Balaban J connectivity index is 1.20. The first-order valence-electron chi connectivity index (χ1n) is 16.0. The lowest BCUT2D eigenvalue weighted by molar-refractivity contribution is -0.145. The van der Waals surface area contributed by atoms with Crippen LogP contribution >= 0.6 is 23.2 Å². The van der Waals surface area contributed by atoms with Crippen LogP contribution < -0.4 is 10.6 Å². The molecule has 3 fully saturated rings. The third kappa shape index (κ3) is 7.31. The van der Waals surface area contributed by atoms with Gasteiger partial charge in [0.1, 0.15) is 29.8 Å². The summed E-state index contributed by atoms with van der Waals surface area (Å²) in [6, 6.07) is 1.26. The third-order valence-corrected chi connectivity index (χ3v) is 10.3. The van der Waals surface area contributed by atoms with Crippen LogP contribution in [0.15, 0.2) is 24.3 Å². The lowest BCUT2D eigenvalue weighted by atomic mass is 10.0. The molecule has 0 unspecified atom stereocenters. The molecule has 0 radical (unpaired) electrons. The van der Waals surface area contributed by atoms with E-state index in [0.29, 0.717) is 35.9 Å². The van der Waals surface area contributed by atoms with Crippen molar-refractivity contribution in [3.63, 3.8) is 0 Å². The van der Waals surface area contributed by atoms with E-state index in [1.165, 1.54) is 9.80 Å². The van der Waals surface area contributed by atoms with Gasteiger partial charge >= 0.3 is 18.2 Å². The average molecular weight is 694 g/mol. The molecule has 254 valence electrons. The van der Waals surface area contributed by atoms with E-state index in [1.807, 2.05) is 12.2 Å². The largest absolute Gasteiger partial charge is 0.479 e. The Morgan fingerprint density at radius 1 is 1.02 bits per heavy atom. The molecule has 3 N–H and O–H groups in total. The van der Waals surface area contributed by atoms with E-state index in [9.17, 15) is 29.1 Å². The summed E-state index contributed by atoms with van der Waals surface area (Å²) in [5, 5.41) is 16.2. The minimum Gasteiger partial charge on any atom is -0.479 e. The number of carboxylic acids is 1. The number of aliphatic carboxylic acids is 1. The number of nitrogens with zero attached hydrogens (tertiary/aromatic N) is 2. The molecule has 4 amide bonds. The van der Waals surface area contributed by atoms with E-state index in [1.54, 1.807) is 12.1 Å². The SMILES string of the molecule is O=C(N[C@H]1CCCCC/C=C\[C@@H]2C[C@@]2(C(=O)O)NC(=O)[C@@H]2C[C@@H](OC(=O)N3Cc4cc(Cl)c(Cl)cc4C3)CN2C1=O)O[C@@H]1CCOC1. The second-order valence-electron chi connectivity index (χ2n) is 12.9. The van der Waals surface area contributed by atoms with E-state index in [4.69, 9.17) is 37.4 Å². The molecule has 0 spiro atoms. The van der Waals surface area contributed by atoms with Crippen molar-refractivity contribution in [3.05, 3.63) is 45.5 Å². The molecule has 4 heterocycles. The molecule has 1 aromatic carbocycles. The number of fused-ring (bicyclic) bond motifs is 3. The zero-order valence-corrected chi connectivity index (χ0v) is 27.3. The van der Waals surface area contributed by atoms with Crippen molar-refractivity contribution < 1.29 is 43.3 Å². The summed E-state index contributed by atoms with van der Waals surface area (Å²) in [7, 11) is 0. The van der Waals surface area contributed by atoms with Crippen LogP contribution in [0.4, 0.5) is 9.59 Å². The van der Waals surface area contributed by atoms with Crippen LogP contribution in [-0.4, -0.2) is 94.5 Å². The molecule has 47 heavy (non-hydrogen) atoms. The van der Waals surface area contributed by atoms with Crippen LogP contribution in [0.2, 0.25) is 10.0 Å². The second-order valence-corrected chi connectivity index (χ2v) is 13.7. The van der Waals surface area contributed by atoms with Gasteiger partial charge in [-0.3, -0.25) is 14.5 Å². The number of benzene rings is 1. The molecule has 13 nitrogen and oxygen atoms in total. The van der Waals surface area contributed by atoms with Crippen molar-refractivity contribution in [1.29, 1.82) is 0 Å². The predicted octanol–water partition coefficient (Wildman–Crippen LogP) is 3.78. The molecular weight excluding hydrogens is 655 g/mol. The number of alkyl carbamates (subject to hydrolysis) is 1. The maximum atomic E-state index is 14.1. The highest BCUT2D eigenvalue weighted by Gasteiger charge is 2.61. The maximum Gasteiger partial charge on any atom is 0.410 e. The fourth-order valence-electron chi connectivity index (χ4n) is 6.82. The summed E-state index contributed by atoms with van der Waals surface area (Å²) in [4.78, 5) is 69.2. The summed E-state index contributed by atoms with van der Waals surface area (Å²) in [5.41, 5.74) is 0.190. The highest BCUT2D eigenvalue weighted by Crippen LogP contribution is 2.45. The summed E-state index contributed by atoms with van der Waals surface area (Å²) in [6.07, 6.45) is 5.03. The highest BCUT2D eigenvalue weighted by atomic mass is 35.5. The fraction of sp³-hybridized carbons (Fsp3) is 0.594. The zero-order valence-electron chi connectivity index (χ0n) is 25.8. The lowest BCUT2D eigenvalue weighted by Crippen LogP contribution is -2.56. The zero-order chi connectivity index (χ0) is 33.3. The van der Waals surface area contributed by atoms with E-state index in [2.05, 4.69) is 10.6 Å². The number of allylic oxidation sites excluding steroid dienone is 1. The van der Waals surface area contributed by atoms with Crippen LogP contribution in [0.1, 0.15) is 62.5 Å². The van der Waals surface area contributed by atoms with Crippen LogP contribution in [0.5, 0.6) is 0 Å². The Morgan fingerprint density at radius 2 is 1.77 bits per heavy atom. The number of amides is 4. The van der Waals surface area contributed by atoms with Gasteiger partial charge in [-0.2, -0.15) is 0 Å². The van der Waals surface area contributed by atoms with Gasteiger partial charge in [0.2, 0.25) is 11.8 Å². The molecule has 6 rings (SSSR count). The maximum absolute atomic E-state index is 14.1. The minimum absolute atomic E-state index is 0.0471. The summed E-state index contributed by atoms with van der Waals surface area (Å²) >= 11 is 12.3. The Kier molecular flexibility index (Phi) is 9.86. The van der Waals surface area contributed by atoms with Crippen LogP contribution in [-0.2, 0) is 41.7 Å². The summed E-state index contributed by atoms with van der Waals surface area (Å²) in [5.74, 6) is -2.73. The molecular formula is C32H38Cl2N4O9. The number of hydrogen-bond donors (Lipinski definition) is 3. The molecule has 6 atom stereocenters. The Bertz CT molecular complexity index is 1440. The first-order chi connectivity index (χ1) is 22.5. The second kappa shape index (κ2) is 13.9. The fourth-order valence-corrected chi connectivity index (χ4v) is 7.19. The molecule has 0 aromatic heterocycles. The number of rotatable bonds is 4. The van der Waals surface area contributed by atoms with Gasteiger partial charge in [-0.05, 0) is 48.9 Å². The monoisotopic (exact) mass is 692 g/mol. The Labute approximate surface area is 281 Å². The van der Waals surface area contributed by atoms with Gasteiger partial charge in [-0.15, -0.1) is 0 Å². The normalized spacial score (nSPS) is 31.4. The molecule has 2 saturated heterocycles. The Morgan fingerprint density at radius 3 is 2.45 bits per heavy atom. The molecule has 1 saturated carbocycles. The number of halogens is 2. The van der Waals surface area contributed by atoms with Gasteiger partial charge < -0.3 is 34.9 Å². The van der Waals surface area contributed by atoms with Gasteiger partial charge in [0, 0.05) is 31.8 Å². The van der Waals surface area contributed by atoms with Crippen molar-refractivity contribution in [2.75, 3.05) is 19.8 Å². The predicted molar refractivity (Wildman–Crippen MR) is 168 cm³/mol. The van der Waals surface area contributed by atoms with Crippen LogP contribution in [0.3, 0.4) is 0 Å². The number of hydrogen-bond acceptors (Lipinski definition) is 8. The molecule has 4 aliphatic heterocycles. The summed E-state index contributed by atoms with van der Waals surface area (Å²) < 4.78 is 16.6. The van der Waals surface area contributed by atoms with Crippen molar-refractivity contribution >= 4 is 53.2 Å². The number of carbonyl (C=O) groups is 5. The van der Waals surface area contributed by atoms with Gasteiger partial charge in [0.05, 0.1) is 29.8 Å². The lowest BCUT2D eigenvalue weighted by Gasteiger charge is -2.29. The topological polar surface area (TPSA) is 164 Å². The van der Waals surface area contributed by atoms with E-state index in [-0.39, 0.29) is 45.0 Å². The number of ether oxygens (including phenoxy) is 3. The first-order valence-corrected chi connectivity index (χ1v) is 16.8. The third-order valence-electron chi connectivity index (χ3n) is 9.57. The van der Waals surface area contributed by atoms with Gasteiger partial charge in [-0.1, -0.05) is 48.2 Å². The van der Waals surface area contributed by atoms with Gasteiger partial charge in [0.15, 0.2) is 0 Å². The van der Waals surface area contributed by atoms with Gasteiger partial charge in [0.25, 0.3) is 0 Å². The molecule has 1 aromatic rings. The molecule has 1 aliphatic carbocycles. The van der Waals surface area contributed by atoms with E-state index < -0.39 is 59.8 Å². The smallest absolute Gasteiger partial charge is 0.410 e. The van der Waals surface area contributed by atoms with Gasteiger partial charge in [-0.25, -0.2) is 14.4 Å². The van der Waals surface area contributed by atoms with E-state index in [0.717, 1.165) is 30.4 Å². The van der Waals surface area contributed by atoms with E-state index >= 15 is 0 Å². The molecule has 15 heteroatoms. The van der Waals surface area contributed by atoms with Crippen molar-refractivity contribution in [2.24, 2.45) is 5.92 Å². The van der Waals surface area contributed by atoms with Crippen molar-refractivity contribution in [3.8, 4) is 0 Å². The highest BCUT2D eigenvalue weighted by molar-refractivity contribution is 6.42. The number of carbonyl (C=O) groups excluding carboxylic acids is 4. The quantitative estimate of drug-likeness (QED) is 0.399. The summed E-state index contributed by atoms with van der Waals surface area (Å²) in [6.45, 7) is 1.13. The molecule has 0 bridgehead atoms. The average Bonchev–Trinajstić information content (AvgIpc) is 3.42. The van der Waals surface area contributed by atoms with Crippen LogP contribution in [0.25, 0.3) is 0 Å². The van der Waals surface area contributed by atoms with Crippen molar-refractivity contribution in [1.82, 2.24) is 20.4 Å². The van der Waals surface area contributed by atoms with Crippen LogP contribution in [0, 0.1) is 5.92 Å². The first kappa shape index (κ1) is 33.4. The Hall–Kier alpha value is -3.55. The minimum atomic E-state index is -1.48. The molecule has 5 aliphatic rings. The van der Waals surface area contributed by atoms with Crippen molar-refractivity contribution in [2.45, 2.75) is 94.3 Å². The number of nitrogens with one attached hydrogen (secondary N) is 2. The number of carboxylic acid groups (broad SMARTS) is 1.